The Balaban J connectivity index is 3.38. The largest absolute Gasteiger partial charge is 0.352 e. The highest BCUT2D eigenvalue weighted by Gasteiger charge is 2.29. The molecule has 0 aromatic heterocycles. The highest BCUT2D eigenvalue weighted by molar-refractivity contribution is 9.10. The maximum atomic E-state index is 14.1. The number of hydrogen-bond donors (Lipinski definition) is 1. The normalized spacial score (nSPS) is 11.8. The first-order valence-corrected chi connectivity index (χ1v) is 8.56. The number of halogens is 4. The molecule has 0 fully saturated rings. The summed E-state index contributed by atoms with van der Waals surface area (Å²) < 4.78 is 49.9. The van der Waals surface area contributed by atoms with E-state index in [0.717, 1.165) is 0 Å². The summed E-state index contributed by atoms with van der Waals surface area (Å²) in [6.45, 7) is 3.78. The second kappa shape index (κ2) is 6.36. The molecule has 4 nitrogen and oxygen atoms in total. The van der Waals surface area contributed by atoms with Gasteiger partial charge >= 0.3 is 0 Å². The number of amides is 1. The molecule has 0 heterocycles. The van der Waals surface area contributed by atoms with Crippen molar-refractivity contribution in [3.8, 4) is 0 Å². The van der Waals surface area contributed by atoms with Gasteiger partial charge in [-0.3, -0.25) is 4.79 Å². The Bertz CT molecular complexity index is 650. The summed E-state index contributed by atoms with van der Waals surface area (Å²) in [5, 5.41) is 2.31. The molecule has 9 heteroatoms. The molecule has 20 heavy (non-hydrogen) atoms. The lowest BCUT2D eigenvalue weighted by Crippen LogP contribution is -2.29. The molecular weight excluding hydrogens is 380 g/mol. The average Bonchev–Trinajstić information content (AvgIpc) is 2.23. The maximum Gasteiger partial charge on any atom is 0.265 e. The van der Waals surface area contributed by atoms with Gasteiger partial charge in [0, 0.05) is 21.7 Å². The second-order valence-electron chi connectivity index (χ2n) is 4.40. The van der Waals surface area contributed by atoms with Crippen LogP contribution in [0.15, 0.2) is 15.4 Å². The van der Waals surface area contributed by atoms with Gasteiger partial charge in [-0.25, -0.2) is 17.2 Å². The highest BCUT2D eigenvalue weighted by Crippen LogP contribution is 2.31. The number of nitrogens with one attached hydrogen (secondary N) is 1. The van der Waals surface area contributed by atoms with Crippen LogP contribution in [0.5, 0.6) is 0 Å². The van der Waals surface area contributed by atoms with Crippen molar-refractivity contribution < 1.29 is 22.0 Å². The molecule has 1 amide bonds. The van der Waals surface area contributed by atoms with Crippen molar-refractivity contribution in [2.24, 2.45) is 5.92 Å². The van der Waals surface area contributed by atoms with Crippen LogP contribution in [0.25, 0.3) is 0 Å². The molecular formula is C11H11BrClF2NO3S. The summed E-state index contributed by atoms with van der Waals surface area (Å²) in [5.74, 6) is -3.67. The fourth-order valence-corrected chi connectivity index (χ4v) is 3.74. The fourth-order valence-electron chi connectivity index (χ4n) is 1.39. The summed E-state index contributed by atoms with van der Waals surface area (Å²) in [5.41, 5.74) is -0.979. The molecule has 1 N–H and O–H groups in total. The van der Waals surface area contributed by atoms with E-state index in [1.165, 1.54) is 0 Å². The Morgan fingerprint density at radius 3 is 2.45 bits per heavy atom. The molecule has 0 unspecified atom stereocenters. The van der Waals surface area contributed by atoms with E-state index in [0.29, 0.717) is 6.07 Å². The summed E-state index contributed by atoms with van der Waals surface area (Å²) in [7, 11) is 0.609. The van der Waals surface area contributed by atoms with E-state index >= 15 is 0 Å². The van der Waals surface area contributed by atoms with Crippen LogP contribution in [0, 0.1) is 17.6 Å². The summed E-state index contributed by atoms with van der Waals surface area (Å²) in [6, 6.07) is 0.683. The van der Waals surface area contributed by atoms with Crippen molar-refractivity contribution in [3.63, 3.8) is 0 Å². The van der Waals surface area contributed by atoms with Gasteiger partial charge in [-0.2, -0.15) is 0 Å². The Kier molecular flexibility index (Phi) is 5.51. The van der Waals surface area contributed by atoms with Crippen LogP contribution in [-0.4, -0.2) is 20.9 Å². The number of benzene rings is 1. The molecule has 0 aliphatic rings. The van der Waals surface area contributed by atoms with Gasteiger partial charge in [0.1, 0.15) is 16.3 Å². The van der Waals surface area contributed by atoms with E-state index in [1.54, 1.807) is 13.8 Å². The van der Waals surface area contributed by atoms with E-state index in [4.69, 9.17) is 10.7 Å². The van der Waals surface area contributed by atoms with Crippen LogP contribution in [0.2, 0.25) is 0 Å². The molecule has 0 aliphatic heterocycles. The third kappa shape index (κ3) is 3.89. The number of rotatable bonds is 4. The Labute approximate surface area is 128 Å². The van der Waals surface area contributed by atoms with Gasteiger partial charge in [0.15, 0.2) is 5.82 Å². The molecule has 112 valence electrons. The molecule has 1 aromatic carbocycles. The topological polar surface area (TPSA) is 63.2 Å². The molecule has 0 bridgehead atoms. The Morgan fingerprint density at radius 1 is 1.45 bits per heavy atom. The van der Waals surface area contributed by atoms with Crippen molar-refractivity contribution in [1.29, 1.82) is 0 Å². The van der Waals surface area contributed by atoms with Crippen LogP contribution >= 0.6 is 26.6 Å². The number of carbonyl (C=O) groups excluding carboxylic acids is 1. The molecule has 0 spiro atoms. The lowest BCUT2D eigenvalue weighted by atomic mass is 10.1. The van der Waals surface area contributed by atoms with Crippen molar-refractivity contribution in [2.45, 2.75) is 18.7 Å². The minimum atomic E-state index is -4.46. The standard InChI is InChI=1S/C11H11BrClF2NO3S/c1-5(2)4-16-11(17)8-7(14)3-6(12)10(9(8)15)20(13,18)19/h3,5H,4H2,1-2H3,(H,16,17). The lowest BCUT2D eigenvalue weighted by molar-refractivity contribution is 0.0940. The van der Waals surface area contributed by atoms with Gasteiger partial charge in [-0.15, -0.1) is 0 Å². The van der Waals surface area contributed by atoms with Gasteiger partial charge < -0.3 is 5.32 Å². The SMILES string of the molecule is CC(C)CNC(=O)c1c(F)cc(Br)c(S(=O)(=O)Cl)c1F. The van der Waals surface area contributed by atoms with Crippen LogP contribution in [-0.2, 0) is 9.05 Å². The molecule has 0 aliphatic carbocycles. The molecule has 1 rings (SSSR count). The van der Waals surface area contributed by atoms with Crippen molar-refractivity contribution in [2.75, 3.05) is 6.54 Å². The monoisotopic (exact) mass is 389 g/mol. The molecule has 0 saturated heterocycles. The minimum absolute atomic E-state index is 0.0664. The average molecular weight is 391 g/mol. The quantitative estimate of drug-likeness (QED) is 0.804. The van der Waals surface area contributed by atoms with E-state index in [2.05, 4.69) is 21.2 Å². The predicted octanol–water partition coefficient (Wildman–Crippen LogP) is 3.04. The zero-order valence-corrected chi connectivity index (χ0v) is 13.7. The smallest absolute Gasteiger partial charge is 0.265 e. The summed E-state index contributed by atoms with van der Waals surface area (Å²) in [6.07, 6.45) is 0. The Hall–Kier alpha value is -0.730. The highest BCUT2D eigenvalue weighted by atomic mass is 79.9. The van der Waals surface area contributed by atoms with Gasteiger partial charge in [-0.1, -0.05) is 13.8 Å². The van der Waals surface area contributed by atoms with Crippen LogP contribution < -0.4 is 5.32 Å². The van der Waals surface area contributed by atoms with Gasteiger partial charge in [0.2, 0.25) is 0 Å². The number of carbonyl (C=O) groups is 1. The summed E-state index contributed by atoms with van der Waals surface area (Å²) in [4.78, 5) is 10.8. The number of hydrogen-bond acceptors (Lipinski definition) is 3. The first kappa shape index (κ1) is 17.3. The fraction of sp³-hybridized carbons (Fsp3) is 0.364. The van der Waals surface area contributed by atoms with E-state index < -0.39 is 37.1 Å². The van der Waals surface area contributed by atoms with Crippen molar-refractivity contribution in [1.82, 2.24) is 5.32 Å². The van der Waals surface area contributed by atoms with Gasteiger partial charge in [0.25, 0.3) is 15.0 Å². The zero-order valence-electron chi connectivity index (χ0n) is 10.5. The molecule has 1 aromatic rings. The maximum absolute atomic E-state index is 14.1. The Morgan fingerprint density at radius 2 is 2.00 bits per heavy atom. The van der Waals surface area contributed by atoms with Gasteiger partial charge in [-0.05, 0) is 27.9 Å². The first-order valence-electron chi connectivity index (χ1n) is 5.46. The molecule has 0 atom stereocenters. The first-order chi connectivity index (χ1) is 9.05. The van der Waals surface area contributed by atoms with Crippen LogP contribution in [0.1, 0.15) is 24.2 Å². The summed E-state index contributed by atoms with van der Waals surface area (Å²) >= 11 is 2.70. The third-order valence-corrected chi connectivity index (χ3v) is 4.51. The lowest BCUT2D eigenvalue weighted by Gasteiger charge is -2.11. The van der Waals surface area contributed by atoms with E-state index in [-0.39, 0.29) is 16.9 Å². The van der Waals surface area contributed by atoms with Crippen LogP contribution in [0.4, 0.5) is 8.78 Å². The molecule has 0 saturated carbocycles. The predicted molar refractivity (Wildman–Crippen MR) is 74.3 cm³/mol. The van der Waals surface area contributed by atoms with Crippen molar-refractivity contribution in [3.05, 3.63) is 27.7 Å². The second-order valence-corrected chi connectivity index (χ2v) is 7.76. The van der Waals surface area contributed by atoms with Crippen LogP contribution in [0.3, 0.4) is 0 Å². The third-order valence-electron chi connectivity index (χ3n) is 2.27. The van der Waals surface area contributed by atoms with Gasteiger partial charge in [0.05, 0.1) is 0 Å². The van der Waals surface area contributed by atoms with E-state index in [1.807, 2.05) is 0 Å². The minimum Gasteiger partial charge on any atom is -0.352 e. The van der Waals surface area contributed by atoms with E-state index in [9.17, 15) is 22.0 Å². The molecule has 0 radical (unpaired) electrons. The zero-order chi connectivity index (χ0) is 15.7. The van der Waals surface area contributed by atoms with Crippen molar-refractivity contribution >= 4 is 41.6 Å².